The molecule has 0 spiro atoms. The molecule has 2 aromatic rings. The average molecular weight is 286 g/mol. The predicted octanol–water partition coefficient (Wildman–Crippen LogP) is 3.17. The van der Waals surface area contributed by atoms with Crippen LogP contribution in [-0.2, 0) is 0 Å². The highest BCUT2D eigenvalue weighted by atomic mass is 35.5. The number of nitrogens with one attached hydrogen (secondary N) is 1. The number of benzene rings is 1. The Morgan fingerprint density at radius 3 is 2.72 bits per heavy atom. The van der Waals surface area contributed by atoms with Crippen LogP contribution in [0.15, 0.2) is 30.6 Å². The van der Waals surface area contributed by atoms with E-state index in [1.807, 2.05) is 0 Å². The Balaban J connectivity index is 2.19. The molecule has 2 rings (SSSR count). The minimum absolute atomic E-state index is 0.0471. The van der Waals surface area contributed by atoms with Crippen molar-refractivity contribution in [3.05, 3.63) is 52.1 Å². The van der Waals surface area contributed by atoms with Crippen molar-refractivity contribution in [2.24, 2.45) is 0 Å². The molecule has 0 atom stereocenters. The molecule has 92 valence electrons. The van der Waals surface area contributed by atoms with Crippen LogP contribution in [-0.4, -0.2) is 15.9 Å². The van der Waals surface area contributed by atoms with Gasteiger partial charge in [0.25, 0.3) is 5.91 Å². The molecule has 0 saturated heterocycles. The van der Waals surface area contributed by atoms with Gasteiger partial charge >= 0.3 is 0 Å². The van der Waals surface area contributed by atoms with E-state index < -0.39 is 11.7 Å². The Hall–Kier alpha value is -1.72. The predicted molar refractivity (Wildman–Crippen MR) is 66.4 cm³/mol. The fourth-order valence-corrected chi connectivity index (χ4v) is 1.49. The van der Waals surface area contributed by atoms with Crippen molar-refractivity contribution in [1.29, 1.82) is 0 Å². The maximum absolute atomic E-state index is 13.2. The van der Waals surface area contributed by atoms with Gasteiger partial charge in [0.05, 0.1) is 17.4 Å². The molecule has 0 aliphatic carbocycles. The van der Waals surface area contributed by atoms with Crippen molar-refractivity contribution in [1.82, 2.24) is 9.97 Å². The van der Waals surface area contributed by atoms with E-state index in [0.29, 0.717) is 0 Å². The zero-order valence-electron chi connectivity index (χ0n) is 8.82. The van der Waals surface area contributed by atoms with Crippen LogP contribution in [0, 0.1) is 5.82 Å². The van der Waals surface area contributed by atoms with Crippen molar-refractivity contribution < 1.29 is 9.18 Å². The second-order valence-corrected chi connectivity index (χ2v) is 4.10. The van der Waals surface area contributed by atoms with Gasteiger partial charge in [-0.15, -0.1) is 0 Å². The smallest absolute Gasteiger partial charge is 0.256 e. The molecule has 1 heterocycles. The van der Waals surface area contributed by atoms with Crippen molar-refractivity contribution in [2.75, 3.05) is 5.32 Å². The van der Waals surface area contributed by atoms with E-state index in [0.717, 1.165) is 6.07 Å². The Morgan fingerprint density at radius 2 is 2.06 bits per heavy atom. The lowest BCUT2D eigenvalue weighted by Gasteiger charge is -2.04. The molecule has 0 unspecified atom stereocenters. The Labute approximate surface area is 112 Å². The van der Waals surface area contributed by atoms with Gasteiger partial charge in [0.2, 0.25) is 0 Å². The molecular formula is C11H6Cl2FN3O. The van der Waals surface area contributed by atoms with Gasteiger partial charge in [0, 0.05) is 5.56 Å². The lowest BCUT2D eigenvalue weighted by Crippen LogP contribution is -2.13. The minimum Gasteiger partial charge on any atom is -0.305 e. The first-order chi connectivity index (χ1) is 8.56. The summed E-state index contributed by atoms with van der Waals surface area (Å²) in [5.74, 6) is -1.01. The number of carbonyl (C=O) groups is 1. The van der Waals surface area contributed by atoms with Crippen LogP contribution in [0.3, 0.4) is 0 Å². The standard InChI is InChI=1S/C11H6Cl2FN3O/c12-7-2-1-6(3-8(7)14)11(18)17-10-5-15-4-9(13)16-10/h1-5H,(H,16,17,18). The highest BCUT2D eigenvalue weighted by molar-refractivity contribution is 6.31. The van der Waals surface area contributed by atoms with Crippen LogP contribution in [0.1, 0.15) is 10.4 Å². The molecular weight excluding hydrogens is 280 g/mol. The van der Waals surface area contributed by atoms with Crippen LogP contribution in [0.2, 0.25) is 10.2 Å². The molecule has 0 saturated carbocycles. The second-order valence-electron chi connectivity index (χ2n) is 3.31. The summed E-state index contributed by atoms with van der Waals surface area (Å²) in [6.07, 6.45) is 2.66. The van der Waals surface area contributed by atoms with Gasteiger partial charge in [-0.25, -0.2) is 9.37 Å². The second kappa shape index (κ2) is 5.29. The van der Waals surface area contributed by atoms with Crippen LogP contribution in [0.5, 0.6) is 0 Å². The van der Waals surface area contributed by atoms with E-state index in [2.05, 4.69) is 15.3 Å². The monoisotopic (exact) mass is 285 g/mol. The van der Waals surface area contributed by atoms with Gasteiger partial charge in [-0.2, -0.15) is 0 Å². The van der Waals surface area contributed by atoms with Crippen molar-refractivity contribution >= 4 is 34.9 Å². The first kappa shape index (κ1) is 12.7. The van der Waals surface area contributed by atoms with Crippen molar-refractivity contribution in [3.63, 3.8) is 0 Å². The van der Waals surface area contributed by atoms with E-state index >= 15 is 0 Å². The fraction of sp³-hybridized carbons (Fsp3) is 0. The molecule has 0 radical (unpaired) electrons. The van der Waals surface area contributed by atoms with E-state index in [1.165, 1.54) is 24.5 Å². The fourth-order valence-electron chi connectivity index (χ4n) is 1.23. The lowest BCUT2D eigenvalue weighted by atomic mass is 10.2. The number of nitrogens with zero attached hydrogens (tertiary/aromatic N) is 2. The number of hydrogen-bond acceptors (Lipinski definition) is 3. The SMILES string of the molecule is O=C(Nc1cncc(Cl)n1)c1ccc(Cl)c(F)c1. The molecule has 0 aliphatic rings. The normalized spacial score (nSPS) is 10.2. The molecule has 0 bridgehead atoms. The zero-order chi connectivity index (χ0) is 13.1. The van der Waals surface area contributed by atoms with Gasteiger partial charge in [0.15, 0.2) is 5.82 Å². The van der Waals surface area contributed by atoms with E-state index in [1.54, 1.807) is 0 Å². The Bertz CT molecular complexity index is 607. The van der Waals surface area contributed by atoms with Gasteiger partial charge in [0.1, 0.15) is 11.0 Å². The number of halogens is 3. The number of carbonyl (C=O) groups excluding carboxylic acids is 1. The number of hydrogen-bond donors (Lipinski definition) is 1. The van der Waals surface area contributed by atoms with E-state index in [9.17, 15) is 9.18 Å². The molecule has 18 heavy (non-hydrogen) atoms. The third kappa shape index (κ3) is 2.94. The summed E-state index contributed by atoms with van der Waals surface area (Å²) >= 11 is 11.1. The summed E-state index contributed by atoms with van der Waals surface area (Å²) in [5.41, 5.74) is 0.124. The Kier molecular flexibility index (Phi) is 3.74. The first-order valence-corrected chi connectivity index (χ1v) is 5.56. The highest BCUT2D eigenvalue weighted by Crippen LogP contribution is 2.16. The van der Waals surface area contributed by atoms with Crippen LogP contribution in [0.4, 0.5) is 10.2 Å². The maximum Gasteiger partial charge on any atom is 0.256 e. The van der Waals surface area contributed by atoms with E-state index in [-0.39, 0.29) is 21.6 Å². The molecule has 1 N–H and O–H groups in total. The molecule has 0 fully saturated rings. The van der Waals surface area contributed by atoms with Crippen LogP contribution in [0.25, 0.3) is 0 Å². The molecule has 1 aromatic heterocycles. The van der Waals surface area contributed by atoms with Gasteiger partial charge < -0.3 is 5.32 Å². The highest BCUT2D eigenvalue weighted by Gasteiger charge is 2.10. The summed E-state index contributed by atoms with van der Waals surface area (Å²) in [7, 11) is 0. The minimum atomic E-state index is -0.665. The van der Waals surface area contributed by atoms with Gasteiger partial charge in [-0.05, 0) is 18.2 Å². The topological polar surface area (TPSA) is 54.9 Å². The van der Waals surface area contributed by atoms with Crippen LogP contribution < -0.4 is 5.32 Å². The first-order valence-electron chi connectivity index (χ1n) is 4.80. The third-order valence-corrected chi connectivity index (χ3v) is 2.52. The number of anilines is 1. The molecule has 4 nitrogen and oxygen atoms in total. The Morgan fingerprint density at radius 1 is 1.28 bits per heavy atom. The van der Waals surface area contributed by atoms with Crippen LogP contribution >= 0.6 is 23.2 Å². The maximum atomic E-state index is 13.2. The quantitative estimate of drug-likeness (QED) is 0.922. The van der Waals surface area contributed by atoms with E-state index in [4.69, 9.17) is 23.2 Å². The summed E-state index contributed by atoms with van der Waals surface area (Å²) in [6.45, 7) is 0. The van der Waals surface area contributed by atoms with Gasteiger partial charge in [-0.3, -0.25) is 9.78 Å². The van der Waals surface area contributed by atoms with Crippen molar-refractivity contribution in [3.8, 4) is 0 Å². The number of rotatable bonds is 2. The molecule has 0 aliphatic heterocycles. The third-order valence-electron chi connectivity index (χ3n) is 2.03. The lowest BCUT2D eigenvalue weighted by molar-refractivity contribution is 0.102. The average Bonchev–Trinajstić information content (AvgIpc) is 2.32. The number of amides is 1. The number of aromatic nitrogens is 2. The largest absolute Gasteiger partial charge is 0.305 e. The zero-order valence-corrected chi connectivity index (χ0v) is 10.3. The van der Waals surface area contributed by atoms with Gasteiger partial charge in [-0.1, -0.05) is 23.2 Å². The van der Waals surface area contributed by atoms with Crippen molar-refractivity contribution in [2.45, 2.75) is 0 Å². The molecule has 7 heteroatoms. The summed E-state index contributed by atoms with van der Waals surface area (Å²) in [4.78, 5) is 19.3. The summed E-state index contributed by atoms with van der Waals surface area (Å²) in [6, 6.07) is 3.74. The molecule has 1 aromatic carbocycles. The summed E-state index contributed by atoms with van der Waals surface area (Å²) < 4.78 is 13.2. The molecule has 1 amide bonds. The summed E-state index contributed by atoms with van der Waals surface area (Å²) in [5, 5.41) is 2.54.